The molecule has 0 unspecified atom stereocenters. The van der Waals surface area contributed by atoms with Crippen molar-refractivity contribution < 1.29 is 14.0 Å². The molecule has 3 rings (SSSR count). The quantitative estimate of drug-likeness (QED) is 0.744. The molecule has 28 heavy (non-hydrogen) atoms. The Bertz CT molecular complexity index is 636. The monoisotopic (exact) mass is 389 g/mol. The van der Waals surface area contributed by atoms with Gasteiger partial charge >= 0.3 is 0 Å². The van der Waals surface area contributed by atoms with E-state index in [0.29, 0.717) is 39.0 Å². The maximum atomic E-state index is 12.9. The SMILES string of the molecule is O=C(CN1CCN(C(=O)CCC2CCCC2)CC1)NCCc1ccc(F)cc1. The van der Waals surface area contributed by atoms with Crippen LogP contribution in [-0.4, -0.2) is 60.9 Å². The van der Waals surface area contributed by atoms with E-state index in [0.717, 1.165) is 31.0 Å². The number of nitrogens with one attached hydrogen (secondary N) is 1. The molecule has 0 atom stereocenters. The lowest BCUT2D eigenvalue weighted by Crippen LogP contribution is -2.51. The summed E-state index contributed by atoms with van der Waals surface area (Å²) >= 11 is 0. The van der Waals surface area contributed by atoms with E-state index in [9.17, 15) is 14.0 Å². The van der Waals surface area contributed by atoms with Crippen LogP contribution in [0.3, 0.4) is 0 Å². The zero-order chi connectivity index (χ0) is 19.8. The molecular weight excluding hydrogens is 357 g/mol. The van der Waals surface area contributed by atoms with Gasteiger partial charge in [-0.15, -0.1) is 0 Å². The first-order chi connectivity index (χ1) is 13.6. The fourth-order valence-electron chi connectivity index (χ4n) is 4.20. The first-order valence-electron chi connectivity index (χ1n) is 10.6. The number of carbonyl (C=O) groups is 2. The van der Waals surface area contributed by atoms with Gasteiger partial charge in [0.25, 0.3) is 0 Å². The molecule has 2 fully saturated rings. The summed E-state index contributed by atoms with van der Waals surface area (Å²) in [7, 11) is 0. The van der Waals surface area contributed by atoms with Crippen LogP contribution in [0.15, 0.2) is 24.3 Å². The number of rotatable bonds is 8. The molecule has 1 saturated heterocycles. The minimum absolute atomic E-state index is 0.00289. The number of hydrogen-bond acceptors (Lipinski definition) is 3. The van der Waals surface area contributed by atoms with Gasteiger partial charge < -0.3 is 10.2 Å². The molecule has 0 radical (unpaired) electrons. The van der Waals surface area contributed by atoms with Crippen molar-refractivity contribution in [3.8, 4) is 0 Å². The Morgan fingerprint density at radius 1 is 1.04 bits per heavy atom. The van der Waals surface area contributed by atoms with Crippen molar-refractivity contribution in [2.45, 2.75) is 44.9 Å². The molecule has 1 N–H and O–H groups in total. The molecule has 6 heteroatoms. The van der Waals surface area contributed by atoms with E-state index >= 15 is 0 Å². The van der Waals surface area contributed by atoms with E-state index < -0.39 is 0 Å². The van der Waals surface area contributed by atoms with Crippen molar-refractivity contribution in [3.63, 3.8) is 0 Å². The van der Waals surface area contributed by atoms with Crippen LogP contribution in [0.4, 0.5) is 4.39 Å². The predicted octanol–water partition coefficient (Wildman–Crippen LogP) is 2.60. The Morgan fingerprint density at radius 2 is 1.71 bits per heavy atom. The highest BCUT2D eigenvalue weighted by molar-refractivity contribution is 5.78. The standard InChI is InChI=1S/C22H32FN3O2/c23-20-8-5-19(6-9-20)11-12-24-21(27)17-25-13-15-26(16-14-25)22(28)10-7-18-3-1-2-4-18/h5-6,8-9,18H,1-4,7,10-17H2,(H,24,27). The second-order valence-electron chi connectivity index (χ2n) is 8.07. The van der Waals surface area contributed by atoms with Crippen molar-refractivity contribution in [1.29, 1.82) is 0 Å². The summed E-state index contributed by atoms with van der Waals surface area (Å²) in [6.45, 7) is 3.84. The molecule has 0 aromatic heterocycles. The summed E-state index contributed by atoms with van der Waals surface area (Å²) in [6.07, 6.45) is 7.63. The van der Waals surface area contributed by atoms with Gasteiger partial charge in [-0.2, -0.15) is 0 Å². The highest BCUT2D eigenvalue weighted by atomic mass is 19.1. The Kier molecular flexibility index (Phi) is 7.83. The molecule has 0 spiro atoms. The molecule has 5 nitrogen and oxygen atoms in total. The van der Waals surface area contributed by atoms with E-state index in [4.69, 9.17) is 0 Å². The molecule has 1 aromatic carbocycles. The lowest BCUT2D eigenvalue weighted by atomic mass is 10.0. The maximum absolute atomic E-state index is 12.9. The van der Waals surface area contributed by atoms with Gasteiger partial charge in [-0.25, -0.2) is 4.39 Å². The average molecular weight is 390 g/mol. The number of amides is 2. The van der Waals surface area contributed by atoms with E-state index in [2.05, 4.69) is 10.2 Å². The molecule has 1 aromatic rings. The predicted molar refractivity (Wildman–Crippen MR) is 107 cm³/mol. The first kappa shape index (κ1) is 20.8. The van der Waals surface area contributed by atoms with Crippen molar-refractivity contribution in [1.82, 2.24) is 15.1 Å². The van der Waals surface area contributed by atoms with Crippen LogP contribution >= 0.6 is 0 Å². The van der Waals surface area contributed by atoms with Crippen LogP contribution in [0.25, 0.3) is 0 Å². The van der Waals surface area contributed by atoms with Crippen molar-refractivity contribution in [2.24, 2.45) is 5.92 Å². The summed E-state index contributed by atoms with van der Waals surface area (Å²) in [5.41, 5.74) is 1.01. The highest BCUT2D eigenvalue weighted by Gasteiger charge is 2.23. The molecule has 2 amide bonds. The van der Waals surface area contributed by atoms with Gasteiger partial charge in [-0.1, -0.05) is 37.8 Å². The third-order valence-electron chi connectivity index (χ3n) is 5.98. The van der Waals surface area contributed by atoms with Gasteiger partial charge in [0.05, 0.1) is 6.54 Å². The molecule has 0 bridgehead atoms. The number of carbonyl (C=O) groups excluding carboxylic acids is 2. The number of halogens is 1. The fraction of sp³-hybridized carbons (Fsp3) is 0.636. The normalized spacial score (nSPS) is 18.4. The Hall–Kier alpha value is -1.95. The van der Waals surface area contributed by atoms with Gasteiger partial charge in [0.1, 0.15) is 5.82 Å². The number of benzene rings is 1. The van der Waals surface area contributed by atoms with Crippen LogP contribution in [0.2, 0.25) is 0 Å². The summed E-state index contributed by atoms with van der Waals surface area (Å²) in [5, 5.41) is 2.92. The zero-order valence-electron chi connectivity index (χ0n) is 16.7. The average Bonchev–Trinajstić information content (AvgIpc) is 3.22. The minimum Gasteiger partial charge on any atom is -0.355 e. The maximum Gasteiger partial charge on any atom is 0.234 e. The topological polar surface area (TPSA) is 52.7 Å². The molecule has 154 valence electrons. The smallest absolute Gasteiger partial charge is 0.234 e. The summed E-state index contributed by atoms with van der Waals surface area (Å²) in [6, 6.07) is 6.35. The molecule has 1 aliphatic heterocycles. The van der Waals surface area contributed by atoms with Crippen LogP contribution in [0, 0.1) is 11.7 Å². The van der Waals surface area contributed by atoms with Crippen LogP contribution in [0.5, 0.6) is 0 Å². The van der Waals surface area contributed by atoms with Crippen molar-refractivity contribution in [3.05, 3.63) is 35.6 Å². The van der Waals surface area contributed by atoms with Crippen LogP contribution in [-0.2, 0) is 16.0 Å². The summed E-state index contributed by atoms with van der Waals surface area (Å²) in [4.78, 5) is 28.6. The molecule has 1 heterocycles. The van der Waals surface area contributed by atoms with Crippen LogP contribution < -0.4 is 5.32 Å². The first-order valence-corrected chi connectivity index (χ1v) is 10.6. The van der Waals surface area contributed by atoms with E-state index in [-0.39, 0.29) is 17.6 Å². The minimum atomic E-state index is -0.246. The molecule has 1 aliphatic carbocycles. The highest BCUT2D eigenvalue weighted by Crippen LogP contribution is 2.28. The zero-order valence-corrected chi connectivity index (χ0v) is 16.7. The second kappa shape index (κ2) is 10.6. The van der Waals surface area contributed by atoms with Gasteiger partial charge in [0, 0.05) is 39.1 Å². The van der Waals surface area contributed by atoms with Gasteiger partial charge in [-0.3, -0.25) is 14.5 Å². The Balaban J connectivity index is 1.28. The van der Waals surface area contributed by atoms with E-state index in [1.54, 1.807) is 12.1 Å². The number of hydrogen-bond donors (Lipinski definition) is 1. The Morgan fingerprint density at radius 3 is 2.39 bits per heavy atom. The number of nitrogens with zero attached hydrogens (tertiary/aromatic N) is 2. The third-order valence-corrected chi connectivity index (χ3v) is 5.98. The summed E-state index contributed by atoms with van der Waals surface area (Å²) < 4.78 is 12.9. The van der Waals surface area contributed by atoms with E-state index in [1.165, 1.54) is 37.8 Å². The third kappa shape index (κ3) is 6.59. The van der Waals surface area contributed by atoms with E-state index in [1.807, 2.05) is 4.90 Å². The fourth-order valence-corrected chi connectivity index (χ4v) is 4.20. The van der Waals surface area contributed by atoms with Crippen molar-refractivity contribution in [2.75, 3.05) is 39.3 Å². The lowest BCUT2D eigenvalue weighted by molar-refractivity contribution is -0.133. The largest absolute Gasteiger partial charge is 0.355 e. The van der Waals surface area contributed by atoms with Gasteiger partial charge in [0.2, 0.25) is 11.8 Å². The van der Waals surface area contributed by atoms with Gasteiger partial charge in [0.15, 0.2) is 0 Å². The second-order valence-corrected chi connectivity index (χ2v) is 8.07. The lowest BCUT2D eigenvalue weighted by Gasteiger charge is -2.34. The van der Waals surface area contributed by atoms with Gasteiger partial charge in [-0.05, 0) is 36.5 Å². The summed E-state index contributed by atoms with van der Waals surface area (Å²) in [5.74, 6) is 0.784. The molecule has 2 aliphatic rings. The molecular formula is C22H32FN3O2. The number of piperazine rings is 1. The van der Waals surface area contributed by atoms with Crippen molar-refractivity contribution >= 4 is 11.8 Å². The Labute approximate surface area is 167 Å². The van der Waals surface area contributed by atoms with Crippen LogP contribution in [0.1, 0.15) is 44.1 Å². The molecule has 1 saturated carbocycles.